The largest absolute Gasteiger partial charge is 0.359 e. The second-order valence-corrected chi connectivity index (χ2v) is 2.28. The van der Waals surface area contributed by atoms with E-state index in [0.717, 1.165) is 0 Å². The summed E-state index contributed by atoms with van der Waals surface area (Å²) in [6.45, 7) is 3.17. The van der Waals surface area contributed by atoms with Gasteiger partial charge in [0.25, 0.3) is 0 Å². The Morgan fingerprint density at radius 2 is 2.11 bits per heavy atom. The van der Waals surface area contributed by atoms with Gasteiger partial charge in [0.1, 0.15) is 12.5 Å². The molecule has 0 aliphatic carbocycles. The van der Waals surface area contributed by atoms with Crippen molar-refractivity contribution in [1.29, 1.82) is 5.41 Å². The van der Waals surface area contributed by atoms with Crippen molar-refractivity contribution >= 4 is 5.84 Å². The zero-order chi connectivity index (χ0) is 7.44. The minimum absolute atomic E-state index is 0.0463. The van der Waals surface area contributed by atoms with E-state index in [2.05, 4.69) is 0 Å². The lowest BCUT2D eigenvalue weighted by atomic mass is 10.3. The molecule has 0 radical (unpaired) electrons. The summed E-state index contributed by atoms with van der Waals surface area (Å²) in [6, 6.07) is 0.216. The predicted molar refractivity (Wildman–Crippen MR) is 36.6 cm³/mol. The van der Waals surface area contributed by atoms with Crippen LogP contribution in [-0.2, 0) is 0 Å². The number of halogens is 1. The number of hydrogen-bond donors (Lipinski definition) is 1. The molecule has 0 saturated carbocycles. The van der Waals surface area contributed by atoms with Crippen molar-refractivity contribution in [2.45, 2.75) is 19.9 Å². The molecule has 1 N–H and O–H groups in total. The molecule has 0 atom stereocenters. The Bertz CT molecular complexity index is 101. The normalized spacial score (nSPS) is 9.89. The zero-order valence-electron chi connectivity index (χ0n) is 6.11. The van der Waals surface area contributed by atoms with Crippen LogP contribution in [0.2, 0.25) is 0 Å². The van der Waals surface area contributed by atoms with Crippen LogP contribution < -0.4 is 0 Å². The molecule has 0 aromatic heterocycles. The summed E-state index contributed by atoms with van der Waals surface area (Å²) in [6.07, 6.45) is 0. The van der Waals surface area contributed by atoms with E-state index in [1.165, 1.54) is 0 Å². The van der Waals surface area contributed by atoms with E-state index in [4.69, 9.17) is 5.41 Å². The Labute approximate surface area is 55.2 Å². The molecule has 0 aromatic rings. The highest BCUT2D eigenvalue weighted by atomic mass is 19.1. The molecule has 54 valence electrons. The molecule has 2 nitrogen and oxygen atoms in total. The quantitative estimate of drug-likeness (QED) is 0.444. The maximum atomic E-state index is 11.7. The molecule has 0 fully saturated rings. The average molecular weight is 132 g/mol. The molecule has 0 heterocycles. The Balaban J connectivity index is 3.72. The van der Waals surface area contributed by atoms with Crippen LogP contribution in [0.5, 0.6) is 0 Å². The van der Waals surface area contributed by atoms with Gasteiger partial charge in [-0.15, -0.1) is 0 Å². The minimum Gasteiger partial charge on any atom is -0.359 e. The lowest BCUT2D eigenvalue weighted by Gasteiger charge is -2.21. The van der Waals surface area contributed by atoms with Gasteiger partial charge in [0.05, 0.1) is 0 Å². The van der Waals surface area contributed by atoms with E-state index in [0.29, 0.717) is 0 Å². The Kier molecular flexibility index (Phi) is 3.20. The van der Waals surface area contributed by atoms with Crippen molar-refractivity contribution in [3.8, 4) is 0 Å². The molecule has 0 aromatic carbocycles. The van der Waals surface area contributed by atoms with Gasteiger partial charge < -0.3 is 4.90 Å². The van der Waals surface area contributed by atoms with Gasteiger partial charge in [-0.3, -0.25) is 5.41 Å². The van der Waals surface area contributed by atoms with Crippen LogP contribution in [0.25, 0.3) is 0 Å². The van der Waals surface area contributed by atoms with Crippen LogP contribution in [0.4, 0.5) is 4.39 Å². The predicted octanol–water partition coefficient (Wildman–Crippen LogP) is 1.27. The standard InChI is InChI=1S/C6H13FN2/c1-5(2)9(3)6(8)4-7/h5,8H,4H2,1-3H3. The van der Waals surface area contributed by atoms with Crippen molar-refractivity contribution in [2.75, 3.05) is 13.7 Å². The highest BCUT2D eigenvalue weighted by Crippen LogP contribution is 1.93. The van der Waals surface area contributed by atoms with E-state index >= 15 is 0 Å². The Morgan fingerprint density at radius 3 is 2.22 bits per heavy atom. The molecule has 9 heavy (non-hydrogen) atoms. The summed E-state index contributed by atoms with van der Waals surface area (Å²) in [5, 5.41) is 7.02. The third-order valence-electron chi connectivity index (χ3n) is 1.33. The molecule has 0 amide bonds. The molecule has 0 aliphatic heterocycles. The summed E-state index contributed by atoms with van der Waals surface area (Å²) >= 11 is 0. The average Bonchev–Trinajstić information content (AvgIpc) is 1.84. The Hall–Kier alpha value is -0.600. The third-order valence-corrected chi connectivity index (χ3v) is 1.33. The topological polar surface area (TPSA) is 27.1 Å². The number of nitrogens with zero attached hydrogens (tertiary/aromatic N) is 1. The number of rotatable bonds is 2. The number of alkyl halides is 1. The molecule has 0 bridgehead atoms. The van der Waals surface area contributed by atoms with Gasteiger partial charge in [-0.05, 0) is 13.8 Å². The lowest BCUT2D eigenvalue weighted by Crippen LogP contribution is -2.33. The van der Waals surface area contributed by atoms with Crippen LogP contribution in [-0.4, -0.2) is 30.5 Å². The van der Waals surface area contributed by atoms with E-state index in [1.54, 1.807) is 11.9 Å². The van der Waals surface area contributed by atoms with Gasteiger partial charge in [-0.2, -0.15) is 0 Å². The number of nitrogens with one attached hydrogen (secondary N) is 1. The molecular weight excluding hydrogens is 119 g/mol. The van der Waals surface area contributed by atoms with Crippen LogP contribution in [0.15, 0.2) is 0 Å². The van der Waals surface area contributed by atoms with E-state index in [-0.39, 0.29) is 11.9 Å². The van der Waals surface area contributed by atoms with Crippen molar-refractivity contribution in [1.82, 2.24) is 4.90 Å². The van der Waals surface area contributed by atoms with Crippen molar-refractivity contribution < 1.29 is 4.39 Å². The molecule has 0 saturated heterocycles. The first-order valence-electron chi connectivity index (χ1n) is 2.95. The second kappa shape index (κ2) is 3.43. The minimum atomic E-state index is -0.672. The van der Waals surface area contributed by atoms with E-state index in [1.807, 2.05) is 13.8 Å². The summed E-state index contributed by atoms with van der Waals surface area (Å²) in [5.41, 5.74) is 0. The van der Waals surface area contributed by atoms with Gasteiger partial charge in [0.15, 0.2) is 0 Å². The molecule has 3 heteroatoms. The maximum Gasteiger partial charge on any atom is 0.146 e. The molecule has 0 unspecified atom stereocenters. The highest BCUT2D eigenvalue weighted by molar-refractivity contribution is 5.80. The fraction of sp³-hybridized carbons (Fsp3) is 0.833. The molecule has 0 spiro atoms. The second-order valence-electron chi connectivity index (χ2n) is 2.28. The van der Waals surface area contributed by atoms with Crippen molar-refractivity contribution in [2.24, 2.45) is 0 Å². The van der Waals surface area contributed by atoms with Gasteiger partial charge in [-0.1, -0.05) is 0 Å². The SMILES string of the molecule is CC(C)N(C)C(=N)CF. The monoisotopic (exact) mass is 132 g/mol. The number of amidine groups is 1. The van der Waals surface area contributed by atoms with Gasteiger partial charge >= 0.3 is 0 Å². The summed E-state index contributed by atoms with van der Waals surface area (Å²) < 4.78 is 11.7. The van der Waals surface area contributed by atoms with Crippen LogP contribution in [0, 0.1) is 5.41 Å². The van der Waals surface area contributed by atoms with Crippen LogP contribution in [0.3, 0.4) is 0 Å². The molecule has 0 aliphatic rings. The lowest BCUT2D eigenvalue weighted by molar-refractivity contribution is 0.390. The summed E-state index contributed by atoms with van der Waals surface area (Å²) in [4.78, 5) is 1.60. The fourth-order valence-electron chi connectivity index (χ4n) is 0.406. The number of hydrogen-bond acceptors (Lipinski definition) is 1. The van der Waals surface area contributed by atoms with Crippen molar-refractivity contribution in [3.63, 3.8) is 0 Å². The first kappa shape index (κ1) is 8.40. The van der Waals surface area contributed by atoms with Crippen LogP contribution in [0.1, 0.15) is 13.8 Å². The van der Waals surface area contributed by atoms with Gasteiger partial charge in [0.2, 0.25) is 0 Å². The van der Waals surface area contributed by atoms with E-state index in [9.17, 15) is 4.39 Å². The van der Waals surface area contributed by atoms with Gasteiger partial charge in [0, 0.05) is 13.1 Å². The molecule has 0 rings (SSSR count). The van der Waals surface area contributed by atoms with Crippen molar-refractivity contribution in [3.05, 3.63) is 0 Å². The Morgan fingerprint density at radius 1 is 1.67 bits per heavy atom. The zero-order valence-corrected chi connectivity index (χ0v) is 6.11. The summed E-state index contributed by atoms with van der Waals surface area (Å²) in [7, 11) is 1.71. The fourth-order valence-corrected chi connectivity index (χ4v) is 0.406. The first-order valence-corrected chi connectivity index (χ1v) is 2.95. The first-order chi connectivity index (χ1) is 4.09. The molecular formula is C6H13FN2. The van der Waals surface area contributed by atoms with Crippen LogP contribution >= 0.6 is 0 Å². The van der Waals surface area contributed by atoms with Gasteiger partial charge in [-0.25, -0.2) is 4.39 Å². The summed E-state index contributed by atoms with van der Waals surface area (Å²) in [5.74, 6) is 0.0463. The maximum absolute atomic E-state index is 11.7. The van der Waals surface area contributed by atoms with E-state index < -0.39 is 6.67 Å². The smallest absolute Gasteiger partial charge is 0.146 e. The highest BCUT2D eigenvalue weighted by Gasteiger charge is 2.05. The third kappa shape index (κ3) is 2.44.